The molecule has 1 aliphatic heterocycles. The molecular weight excluding hydrogens is 921 g/mol. The van der Waals surface area contributed by atoms with Crippen molar-refractivity contribution in [2.75, 3.05) is 0 Å². The fourth-order valence-corrected chi connectivity index (χ4v) is 13.4. The lowest BCUT2D eigenvalue weighted by Gasteiger charge is -2.39. The number of rotatable bonds is 6. The standard InChI is InChI=1S/C74H48O2/c1-3-16-47(17-4-1)69-54-20-7-11-24-58(54)71(59-25-12-8-21-55(59)69)49-34-30-45(31-35-49)51-38-40-53-64-44-68-73(63-28-15-29-65(74(63)64)75-66(53)42-51)62-41-39-52(43-67(62)76-68)46-32-36-50(37-33-46)72-60-26-13-9-22-56(60)70(48-18-5-2-6-19-48)57-23-10-14-27-61(57)72/h1-11,13-24,26-44,58,71H,12,25H2. The molecule has 12 aromatic rings. The molecule has 0 spiro atoms. The zero-order chi connectivity index (χ0) is 49.8. The first-order chi connectivity index (χ1) is 37.7. The van der Waals surface area contributed by atoms with Gasteiger partial charge in [-0.25, -0.2) is 0 Å². The first kappa shape index (κ1) is 43.0. The Kier molecular flexibility index (Phi) is 9.62. The van der Waals surface area contributed by atoms with Crippen LogP contribution in [0.3, 0.4) is 0 Å². The summed E-state index contributed by atoms with van der Waals surface area (Å²) in [6.45, 7) is 0. The molecule has 2 heterocycles. The maximum atomic E-state index is 6.87. The summed E-state index contributed by atoms with van der Waals surface area (Å²) in [6.07, 6.45) is 16.1. The molecule has 0 bridgehead atoms. The van der Waals surface area contributed by atoms with Crippen LogP contribution in [-0.4, -0.2) is 0 Å². The van der Waals surface area contributed by atoms with E-state index in [4.69, 9.17) is 9.15 Å². The van der Waals surface area contributed by atoms with Gasteiger partial charge in [0, 0.05) is 39.1 Å². The Labute approximate surface area is 441 Å². The number of allylic oxidation sites excluding steroid dienone is 10. The van der Waals surface area contributed by atoms with Gasteiger partial charge in [0.1, 0.15) is 22.7 Å². The third kappa shape index (κ3) is 6.60. The molecule has 0 saturated heterocycles. The molecule has 4 aliphatic rings. The van der Waals surface area contributed by atoms with Crippen LogP contribution in [0.1, 0.15) is 29.9 Å². The third-order valence-electron chi connectivity index (χ3n) is 16.8. The molecule has 0 radical (unpaired) electrons. The van der Waals surface area contributed by atoms with Crippen molar-refractivity contribution in [3.05, 3.63) is 283 Å². The summed E-state index contributed by atoms with van der Waals surface area (Å²) in [4.78, 5) is 0. The molecule has 0 amide bonds. The Morgan fingerprint density at radius 1 is 0.395 bits per heavy atom. The van der Waals surface area contributed by atoms with Crippen molar-refractivity contribution in [1.29, 1.82) is 0 Å². The van der Waals surface area contributed by atoms with Crippen LogP contribution in [0.2, 0.25) is 0 Å². The predicted octanol–water partition coefficient (Wildman–Crippen LogP) is 20.4. The van der Waals surface area contributed by atoms with E-state index in [0.29, 0.717) is 0 Å². The molecule has 356 valence electrons. The number of hydrogen-bond donors (Lipinski definition) is 0. The monoisotopic (exact) mass is 968 g/mol. The van der Waals surface area contributed by atoms with Crippen LogP contribution in [0, 0.1) is 5.92 Å². The highest BCUT2D eigenvalue weighted by Gasteiger charge is 2.37. The van der Waals surface area contributed by atoms with Gasteiger partial charge in [0.2, 0.25) is 0 Å². The van der Waals surface area contributed by atoms with E-state index in [9.17, 15) is 0 Å². The minimum atomic E-state index is 0.285. The van der Waals surface area contributed by atoms with Gasteiger partial charge in [-0.05, 0) is 149 Å². The fourth-order valence-electron chi connectivity index (χ4n) is 13.4. The molecule has 16 rings (SSSR count). The van der Waals surface area contributed by atoms with Crippen LogP contribution in [0.5, 0.6) is 11.5 Å². The molecule has 2 heteroatoms. The van der Waals surface area contributed by atoms with Crippen molar-refractivity contribution in [2.24, 2.45) is 5.92 Å². The van der Waals surface area contributed by atoms with Gasteiger partial charge in [-0.2, -0.15) is 0 Å². The minimum absolute atomic E-state index is 0.285. The Bertz CT molecular complexity index is 4500. The van der Waals surface area contributed by atoms with Gasteiger partial charge in [-0.15, -0.1) is 0 Å². The maximum absolute atomic E-state index is 6.87. The number of fused-ring (bicyclic) bond motifs is 9. The van der Waals surface area contributed by atoms with Crippen molar-refractivity contribution >= 4 is 59.8 Å². The Morgan fingerprint density at radius 2 is 1.00 bits per heavy atom. The largest absolute Gasteiger partial charge is 0.456 e. The van der Waals surface area contributed by atoms with Gasteiger partial charge in [-0.1, -0.05) is 224 Å². The van der Waals surface area contributed by atoms with E-state index in [1.165, 1.54) is 77.2 Å². The molecule has 2 atom stereocenters. The molecule has 2 unspecified atom stereocenters. The predicted molar refractivity (Wildman–Crippen MR) is 317 cm³/mol. The maximum Gasteiger partial charge on any atom is 0.136 e. The molecule has 0 fully saturated rings. The molecular formula is C74H48O2. The Balaban J connectivity index is 0.728. The van der Waals surface area contributed by atoms with Gasteiger partial charge in [0.25, 0.3) is 0 Å². The SMILES string of the molecule is C1=CC2=C(c3ccccc3)C3=C(CCC=C3)C(c3ccc(-c4ccc5c(c4)Oc4cccc6c4c-5cc4oc5cc(-c7ccc(-c8c9ccccc9c(-c9ccccc9)c9ccccc89)cc7)ccc5c46)cc3)C2C=C1. The average molecular weight is 969 g/mol. The quantitative estimate of drug-likeness (QED) is 0.155. The van der Waals surface area contributed by atoms with Gasteiger partial charge >= 0.3 is 0 Å². The van der Waals surface area contributed by atoms with Crippen molar-refractivity contribution < 1.29 is 9.15 Å². The van der Waals surface area contributed by atoms with E-state index in [-0.39, 0.29) is 11.8 Å². The fraction of sp³-hybridized carbons (Fsp3) is 0.0541. The summed E-state index contributed by atoms with van der Waals surface area (Å²) < 4.78 is 13.7. The highest BCUT2D eigenvalue weighted by molar-refractivity contribution is 6.25. The second-order valence-corrected chi connectivity index (χ2v) is 20.8. The lowest BCUT2D eigenvalue weighted by atomic mass is 9.64. The Morgan fingerprint density at radius 3 is 1.72 bits per heavy atom. The van der Waals surface area contributed by atoms with Crippen LogP contribution in [-0.2, 0) is 0 Å². The topological polar surface area (TPSA) is 22.4 Å². The second kappa shape index (κ2) is 17.0. The summed E-state index contributed by atoms with van der Waals surface area (Å²) in [6, 6.07) is 79.9. The summed E-state index contributed by atoms with van der Waals surface area (Å²) in [5.74, 6) is 2.29. The second-order valence-electron chi connectivity index (χ2n) is 20.8. The minimum Gasteiger partial charge on any atom is -0.456 e. The summed E-state index contributed by atoms with van der Waals surface area (Å²) in [7, 11) is 0. The zero-order valence-electron chi connectivity index (χ0n) is 41.6. The first-order valence-electron chi connectivity index (χ1n) is 26.7. The molecule has 3 aliphatic carbocycles. The molecule has 1 aromatic heterocycles. The van der Waals surface area contributed by atoms with Crippen molar-refractivity contribution in [3.8, 4) is 67.1 Å². The number of ether oxygens (including phenoxy) is 1. The van der Waals surface area contributed by atoms with Crippen LogP contribution in [0.15, 0.2) is 276 Å². The lowest BCUT2D eigenvalue weighted by molar-refractivity contribution is 0.487. The number of hydrogen-bond acceptors (Lipinski definition) is 2. The Hall–Kier alpha value is -9.50. The van der Waals surface area contributed by atoms with Gasteiger partial charge in [0.15, 0.2) is 0 Å². The lowest BCUT2D eigenvalue weighted by Crippen LogP contribution is -2.24. The summed E-state index contributed by atoms with van der Waals surface area (Å²) >= 11 is 0. The normalized spacial score (nSPS) is 16.4. The van der Waals surface area contributed by atoms with Crippen molar-refractivity contribution in [1.82, 2.24) is 0 Å². The molecule has 0 saturated carbocycles. The number of benzene rings is 11. The zero-order valence-corrected chi connectivity index (χ0v) is 41.6. The molecule has 11 aromatic carbocycles. The van der Waals surface area contributed by atoms with Gasteiger partial charge in [0.05, 0.1) is 0 Å². The molecule has 76 heavy (non-hydrogen) atoms. The highest BCUT2D eigenvalue weighted by Crippen LogP contribution is 2.54. The van der Waals surface area contributed by atoms with E-state index < -0.39 is 0 Å². The van der Waals surface area contributed by atoms with Crippen LogP contribution < -0.4 is 4.74 Å². The van der Waals surface area contributed by atoms with E-state index >= 15 is 0 Å². The van der Waals surface area contributed by atoms with Crippen molar-refractivity contribution in [2.45, 2.75) is 18.8 Å². The highest BCUT2D eigenvalue weighted by atomic mass is 16.5. The molecule has 2 nitrogen and oxygen atoms in total. The summed E-state index contributed by atoms with van der Waals surface area (Å²) in [5, 5.41) is 9.49. The summed E-state index contributed by atoms with van der Waals surface area (Å²) in [5.41, 5.74) is 21.9. The van der Waals surface area contributed by atoms with Gasteiger partial charge in [-0.3, -0.25) is 0 Å². The third-order valence-corrected chi connectivity index (χ3v) is 16.8. The van der Waals surface area contributed by atoms with Crippen molar-refractivity contribution in [3.63, 3.8) is 0 Å². The van der Waals surface area contributed by atoms with E-state index in [2.05, 4.69) is 255 Å². The smallest absolute Gasteiger partial charge is 0.136 e. The van der Waals surface area contributed by atoms with E-state index in [0.717, 1.165) is 84.9 Å². The van der Waals surface area contributed by atoms with Crippen LogP contribution in [0.25, 0.3) is 115 Å². The average Bonchev–Trinajstić information content (AvgIpc) is 3.87. The number of furan rings is 1. The molecule has 0 N–H and O–H groups in total. The van der Waals surface area contributed by atoms with E-state index in [1.54, 1.807) is 5.57 Å². The van der Waals surface area contributed by atoms with Crippen LogP contribution >= 0.6 is 0 Å². The van der Waals surface area contributed by atoms with Gasteiger partial charge < -0.3 is 9.15 Å². The van der Waals surface area contributed by atoms with Crippen LogP contribution in [0.4, 0.5) is 0 Å². The van der Waals surface area contributed by atoms with E-state index in [1.807, 2.05) is 0 Å². The first-order valence-corrected chi connectivity index (χ1v) is 26.7.